The van der Waals surface area contributed by atoms with Crippen molar-refractivity contribution in [2.24, 2.45) is 57.2 Å². The van der Waals surface area contributed by atoms with Crippen molar-refractivity contribution in [3.63, 3.8) is 0 Å². The monoisotopic (exact) mass is 503 g/mol. The van der Waals surface area contributed by atoms with Crippen LogP contribution in [0.4, 0.5) is 0 Å². The molecule has 202 valence electrons. The Morgan fingerprint density at radius 3 is 2.37 bits per heavy atom. The predicted molar refractivity (Wildman–Crippen MR) is 157 cm³/mol. The van der Waals surface area contributed by atoms with Gasteiger partial charge in [-0.2, -0.15) is 0 Å². The van der Waals surface area contributed by atoms with Crippen molar-refractivity contribution in [1.82, 2.24) is 0 Å². The van der Waals surface area contributed by atoms with Crippen molar-refractivity contribution in [3.05, 3.63) is 12.7 Å². The zero-order valence-corrected chi connectivity index (χ0v) is 25.2. The molecule has 0 aromatic rings. The van der Waals surface area contributed by atoms with Crippen LogP contribution >= 0.6 is 11.6 Å². The molecule has 0 heterocycles. The van der Waals surface area contributed by atoms with E-state index in [9.17, 15) is 0 Å². The molecule has 3 aliphatic carbocycles. The Hall–Kier alpha value is -0.300. The van der Waals surface area contributed by atoms with Gasteiger partial charge in [-0.15, -0.1) is 18.2 Å². The zero-order chi connectivity index (χ0) is 25.8. The molecule has 3 aliphatic rings. The normalized spacial score (nSPS) is 42.1. The quantitative estimate of drug-likeness (QED) is 0.177. The molecule has 0 N–H and O–H groups in total. The highest BCUT2D eigenvalue weighted by molar-refractivity contribution is 6.21. The largest absolute Gasteiger partial charge is 0.293 e. The Balaban J connectivity index is 1.95. The first-order valence-electron chi connectivity index (χ1n) is 15.4. The fourth-order valence-electron chi connectivity index (χ4n) is 8.79. The van der Waals surface area contributed by atoms with Crippen molar-refractivity contribution in [3.8, 4) is 0 Å². The maximum atomic E-state index is 7.08. The molecule has 8 atom stereocenters. The summed E-state index contributed by atoms with van der Waals surface area (Å²) in [6, 6.07) is 0. The summed E-state index contributed by atoms with van der Waals surface area (Å²) in [6.45, 7) is 22.6. The predicted octanol–water partition coefficient (Wildman–Crippen LogP) is 10.4. The van der Waals surface area contributed by atoms with E-state index in [1.807, 2.05) is 0 Å². The molecule has 1 nitrogen and oxygen atoms in total. The molecule has 0 amide bonds. The van der Waals surface area contributed by atoms with Crippen molar-refractivity contribution < 1.29 is 0 Å². The minimum atomic E-state index is 0.226. The van der Waals surface area contributed by atoms with Crippen LogP contribution < -0.4 is 0 Å². The summed E-state index contributed by atoms with van der Waals surface area (Å²) in [5, 5.41) is 0.279. The van der Waals surface area contributed by atoms with Crippen LogP contribution in [0.15, 0.2) is 17.6 Å². The first-order chi connectivity index (χ1) is 16.6. The molecule has 3 rings (SSSR count). The lowest BCUT2D eigenvalue weighted by Crippen LogP contribution is -2.45. The van der Waals surface area contributed by atoms with Gasteiger partial charge in [0.25, 0.3) is 0 Å². The molecule has 2 bridgehead atoms. The third-order valence-electron chi connectivity index (χ3n) is 10.9. The van der Waals surface area contributed by atoms with E-state index in [0.29, 0.717) is 23.7 Å². The zero-order valence-electron chi connectivity index (χ0n) is 24.4. The standard InChI is InChI=1S/C33H58ClN/c1-9-11-19-32(7)21-25(10-2)27(17-18-29(32)34)22-35-31-30(24(5)6)26-14-12-16-28(23(3)4)33(31,8)20-13-15-26/h10,23-30H,2,9,11-22H2,1,3-8H3. The van der Waals surface area contributed by atoms with Crippen molar-refractivity contribution in [2.45, 2.75) is 131 Å². The topological polar surface area (TPSA) is 12.4 Å². The molecule has 0 radical (unpaired) electrons. The van der Waals surface area contributed by atoms with E-state index < -0.39 is 0 Å². The number of hydrogen-bond acceptors (Lipinski definition) is 1. The number of halogens is 1. The van der Waals surface area contributed by atoms with Gasteiger partial charge in [0.15, 0.2) is 0 Å². The molecule has 3 fully saturated rings. The number of fused-ring (bicyclic) bond motifs is 3. The van der Waals surface area contributed by atoms with Gasteiger partial charge in [-0.3, -0.25) is 4.99 Å². The third kappa shape index (κ3) is 6.41. The SMILES string of the molecule is C=CC1CC(C)(CCCC)C(Cl)CCC1CN=C1C(C(C)C)C2CCCC(C(C)C)C1(C)CCC2. The molecular formula is C33H58ClN. The van der Waals surface area contributed by atoms with E-state index in [-0.39, 0.29) is 16.2 Å². The first kappa shape index (κ1) is 29.3. The van der Waals surface area contributed by atoms with Gasteiger partial charge >= 0.3 is 0 Å². The van der Waals surface area contributed by atoms with Gasteiger partial charge in [0.05, 0.1) is 0 Å². The Kier molecular flexibility index (Phi) is 10.4. The third-order valence-corrected chi connectivity index (χ3v) is 11.6. The second kappa shape index (κ2) is 12.5. The minimum absolute atomic E-state index is 0.226. The summed E-state index contributed by atoms with van der Waals surface area (Å²) in [6.07, 6.45) is 17.9. The summed E-state index contributed by atoms with van der Waals surface area (Å²) in [7, 11) is 0. The molecule has 2 heteroatoms. The number of unbranched alkanes of at least 4 members (excludes halogenated alkanes) is 1. The molecule has 8 unspecified atom stereocenters. The summed E-state index contributed by atoms with van der Waals surface area (Å²) in [5.74, 6) is 4.77. The first-order valence-corrected chi connectivity index (χ1v) is 15.8. The van der Waals surface area contributed by atoms with Crippen LogP contribution in [-0.4, -0.2) is 17.6 Å². The molecular weight excluding hydrogens is 446 g/mol. The fraction of sp³-hybridized carbons (Fsp3) is 0.909. The summed E-state index contributed by atoms with van der Waals surface area (Å²) >= 11 is 7.08. The van der Waals surface area contributed by atoms with Gasteiger partial charge < -0.3 is 0 Å². The second-order valence-electron chi connectivity index (χ2n) is 14.0. The number of alkyl halides is 1. The molecule has 0 saturated heterocycles. The van der Waals surface area contributed by atoms with Crippen LogP contribution in [0.25, 0.3) is 0 Å². The smallest absolute Gasteiger partial charge is 0.0422 e. The average Bonchev–Trinajstić information content (AvgIpc) is 2.96. The highest BCUT2D eigenvalue weighted by atomic mass is 35.5. The highest BCUT2D eigenvalue weighted by Crippen LogP contribution is 2.53. The van der Waals surface area contributed by atoms with Crippen molar-refractivity contribution in [1.29, 1.82) is 0 Å². The number of hydrogen-bond donors (Lipinski definition) is 0. The summed E-state index contributed by atoms with van der Waals surface area (Å²) in [5.41, 5.74) is 2.11. The van der Waals surface area contributed by atoms with Crippen molar-refractivity contribution in [2.75, 3.05) is 6.54 Å². The minimum Gasteiger partial charge on any atom is -0.293 e. The van der Waals surface area contributed by atoms with E-state index in [0.717, 1.165) is 30.7 Å². The van der Waals surface area contributed by atoms with E-state index in [2.05, 4.69) is 61.1 Å². The molecule has 0 aromatic heterocycles. The molecule has 3 saturated carbocycles. The van der Waals surface area contributed by atoms with Gasteiger partial charge in [0.1, 0.15) is 0 Å². The maximum Gasteiger partial charge on any atom is 0.0422 e. The highest BCUT2D eigenvalue weighted by Gasteiger charge is 2.48. The number of allylic oxidation sites excluding steroid dienone is 1. The average molecular weight is 504 g/mol. The van der Waals surface area contributed by atoms with Crippen molar-refractivity contribution >= 4 is 17.3 Å². The maximum absolute atomic E-state index is 7.08. The van der Waals surface area contributed by atoms with E-state index in [1.54, 1.807) is 5.71 Å². The van der Waals surface area contributed by atoms with Gasteiger partial charge in [-0.25, -0.2) is 0 Å². The summed E-state index contributed by atoms with van der Waals surface area (Å²) < 4.78 is 0. The Morgan fingerprint density at radius 1 is 1.03 bits per heavy atom. The number of aliphatic imine (C=N–C) groups is 1. The lowest BCUT2D eigenvalue weighted by atomic mass is 9.59. The van der Waals surface area contributed by atoms with Gasteiger partial charge in [0.2, 0.25) is 0 Å². The molecule has 35 heavy (non-hydrogen) atoms. The van der Waals surface area contributed by atoms with Crippen LogP contribution in [-0.2, 0) is 0 Å². The van der Waals surface area contributed by atoms with E-state index in [4.69, 9.17) is 16.6 Å². The van der Waals surface area contributed by atoms with Crippen LogP contribution in [0.1, 0.15) is 126 Å². The molecule has 0 spiro atoms. The van der Waals surface area contributed by atoms with Crippen LogP contribution in [0.2, 0.25) is 0 Å². The van der Waals surface area contributed by atoms with Gasteiger partial charge in [-0.1, -0.05) is 80.2 Å². The van der Waals surface area contributed by atoms with Gasteiger partial charge in [0, 0.05) is 29.0 Å². The van der Waals surface area contributed by atoms with E-state index in [1.165, 1.54) is 70.6 Å². The fourth-order valence-corrected chi connectivity index (χ4v) is 9.11. The number of nitrogens with zero attached hydrogens (tertiary/aromatic N) is 1. The Morgan fingerprint density at radius 2 is 1.74 bits per heavy atom. The molecule has 0 aromatic carbocycles. The Labute approximate surface area is 224 Å². The van der Waals surface area contributed by atoms with Crippen LogP contribution in [0.5, 0.6) is 0 Å². The summed E-state index contributed by atoms with van der Waals surface area (Å²) in [4.78, 5) is 5.76. The Bertz CT molecular complexity index is 710. The number of rotatable bonds is 8. The van der Waals surface area contributed by atoms with Gasteiger partial charge in [-0.05, 0) is 92.3 Å². The van der Waals surface area contributed by atoms with Crippen LogP contribution in [0.3, 0.4) is 0 Å². The van der Waals surface area contributed by atoms with Crippen LogP contribution in [0, 0.1) is 52.3 Å². The molecule has 0 aliphatic heterocycles. The lowest BCUT2D eigenvalue weighted by molar-refractivity contribution is 0.161. The second-order valence-corrected chi connectivity index (χ2v) is 14.5. The van der Waals surface area contributed by atoms with E-state index >= 15 is 0 Å². The lowest BCUT2D eigenvalue weighted by Gasteiger charge is -2.46.